The van der Waals surface area contributed by atoms with Gasteiger partial charge in [-0.15, -0.1) is 0 Å². The van der Waals surface area contributed by atoms with Gasteiger partial charge in [-0.25, -0.2) is 4.52 Å². The van der Waals surface area contributed by atoms with Gasteiger partial charge in [0.05, 0.1) is 6.20 Å². The first-order valence-corrected chi connectivity index (χ1v) is 7.06. The van der Waals surface area contributed by atoms with Gasteiger partial charge in [0.15, 0.2) is 0 Å². The van der Waals surface area contributed by atoms with Crippen LogP contribution < -0.4 is 10.9 Å². The highest BCUT2D eigenvalue weighted by Crippen LogP contribution is 1.97. The minimum absolute atomic E-state index is 0.0211. The molecule has 0 spiro atoms. The van der Waals surface area contributed by atoms with E-state index in [0.717, 1.165) is 13.1 Å². The lowest BCUT2D eigenvalue weighted by Crippen LogP contribution is -2.28. The van der Waals surface area contributed by atoms with Crippen LogP contribution in [0.5, 0.6) is 0 Å². The molecule has 104 valence electrons. The van der Waals surface area contributed by atoms with Crippen molar-refractivity contribution in [2.24, 2.45) is 0 Å². The van der Waals surface area contributed by atoms with Crippen LogP contribution in [0, 0.1) is 0 Å². The largest absolute Gasteiger partial charge is 0.315 e. The number of aromatic nitrogens is 3. The van der Waals surface area contributed by atoms with Gasteiger partial charge in [-0.2, -0.15) is 5.10 Å². The molecule has 0 unspecified atom stereocenters. The molecule has 5 nitrogen and oxygen atoms in total. The summed E-state index contributed by atoms with van der Waals surface area (Å²) in [7, 11) is 0. The van der Waals surface area contributed by atoms with Crippen molar-refractivity contribution in [1.82, 2.24) is 19.5 Å². The number of hydrogen-bond donors (Lipinski definition) is 1. The lowest BCUT2D eigenvalue weighted by Gasteiger charge is -2.07. The summed E-state index contributed by atoms with van der Waals surface area (Å²) in [4.78, 5) is 12.1. The summed E-state index contributed by atoms with van der Waals surface area (Å²) in [6.07, 6.45) is 10.3. The molecule has 0 aliphatic heterocycles. The topological polar surface area (TPSA) is 51.3 Å². The molecule has 0 aliphatic rings. The van der Waals surface area contributed by atoms with Crippen molar-refractivity contribution in [3.8, 4) is 0 Å². The highest BCUT2D eigenvalue weighted by Gasteiger charge is 2.02. The maximum absolute atomic E-state index is 12.1. The third kappa shape index (κ3) is 3.67. The third-order valence-electron chi connectivity index (χ3n) is 3.27. The standard InChI is InChI=1S/C14H22N4O/c1-2-3-4-5-7-15-9-10-17-11-12-18-13(14(17)19)6-8-16-18/h6,8,11-12,15H,2-5,7,9-10H2,1H3. The molecule has 0 bridgehead atoms. The van der Waals surface area contributed by atoms with Gasteiger partial charge in [-0.05, 0) is 19.0 Å². The molecule has 0 fully saturated rings. The fourth-order valence-corrected chi connectivity index (χ4v) is 2.14. The van der Waals surface area contributed by atoms with Crippen molar-refractivity contribution >= 4 is 5.52 Å². The van der Waals surface area contributed by atoms with Crippen LogP contribution in [0.4, 0.5) is 0 Å². The molecule has 2 rings (SSSR count). The second-order valence-electron chi connectivity index (χ2n) is 4.77. The number of nitrogens with one attached hydrogen (secondary N) is 1. The Morgan fingerprint density at radius 2 is 2.11 bits per heavy atom. The molecule has 0 aromatic carbocycles. The lowest BCUT2D eigenvalue weighted by atomic mass is 10.2. The fraction of sp³-hybridized carbons (Fsp3) is 0.571. The number of unbranched alkanes of at least 4 members (excludes halogenated alkanes) is 3. The van der Waals surface area contributed by atoms with Gasteiger partial charge in [0.25, 0.3) is 5.56 Å². The van der Waals surface area contributed by atoms with Gasteiger partial charge in [-0.1, -0.05) is 26.2 Å². The summed E-state index contributed by atoms with van der Waals surface area (Å²) in [5.74, 6) is 0. The summed E-state index contributed by atoms with van der Waals surface area (Å²) >= 11 is 0. The Labute approximate surface area is 113 Å². The molecule has 2 heterocycles. The molecular formula is C14H22N4O. The highest BCUT2D eigenvalue weighted by atomic mass is 16.1. The predicted octanol–water partition coefficient (Wildman–Crippen LogP) is 1.67. The van der Waals surface area contributed by atoms with E-state index in [2.05, 4.69) is 17.3 Å². The van der Waals surface area contributed by atoms with Crippen LogP contribution in [0.3, 0.4) is 0 Å². The number of nitrogens with zero attached hydrogens (tertiary/aromatic N) is 3. The van der Waals surface area contributed by atoms with Gasteiger partial charge in [-0.3, -0.25) is 4.79 Å². The molecule has 0 aliphatic carbocycles. The van der Waals surface area contributed by atoms with Crippen molar-refractivity contribution in [2.45, 2.75) is 39.2 Å². The van der Waals surface area contributed by atoms with Gasteiger partial charge in [0, 0.05) is 25.5 Å². The zero-order valence-corrected chi connectivity index (χ0v) is 11.5. The van der Waals surface area contributed by atoms with Crippen molar-refractivity contribution in [1.29, 1.82) is 0 Å². The summed E-state index contributed by atoms with van der Waals surface area (Å²) in [6, 6.07) is 1.75. The van der Waals surface area contributed by atoms with E-state index in [1.807, 2.05) is 6.20 Å². The Balaban J connectivity index is 1.78. The van der Waals surface area contributed by atoms with Crippen molar-refractivity contribution in [2.75, 3.05) is 13.1 Å². The van der Waals surface area contributed by atoms with Crippen LogP contribution in [-0.4, -0.2) is 27.3 Å². The predicted molar refractivity (Wildman–Crippen MR) is 76.5 cm³/mol. The first-order valence-electron chi connectivity index (χ1n) is 7.06. The lowest BCUT2D eigenvalue weighted by molar-refractivity contribution is 0.553. The van der Waals surface area contributed by atoms with Gasteiger partial charge in [0.1, 0.15) is 5.52 Å². The summed E-state index contributed by atoms with van der Waals surface area (Å²) < 4.78 is 3.34. The van der Waals surface area contributed by atoms with E-state index in [4.69, 9.17) is 0 Å². The number of hydrogen-bond acceptors (Lipinski definition) is 3. The highest BCUT2D eigenvalue weighted by molar-refractivity contribution is 5.42. The van der Waals surface area contributed by atoms with E-state index in [9.17, 15) is 4.79 Å². The minimum atomic E-state index is 0.0211. The Morgan fingerprint density at radius 3 is 2.95 bits per heavy atom. The van der Waals surface area contributed by atoms with E-state index in [1.54, 1.807) is 27.5 Å². The van der Waals surface area contributed by atoms with E-state index < -0.39 is 0 Å². The van der Waals surface area contributed by atoms with Gasteiger partial charge >= 0.3 is 0 Å². The van der Waals surface area contributed by atoms with Gasteiger partial charge < -0.3 is 9.88 Å². The zero-order chi connectivity index (χ0) is 13.5. The molecule has 2 aromatic rings. The number of rotatable bonds is 8. The quantitative estimate of drug-likeness (QED) is 0.736. The maximum atomic E-state index is 12.1. The first-order chi connectivity index (χ1) is 9.33. The van der Waals surface area contributed by atoms with E-state index in [1.165, 1.54) is 25.7 Å². The van der Waals surface area contributed by atoms with Gasteiger partial charge in [0.2, 0.25) is 0 Å². The molecule has 19 heavy (non-hydrogen) atoms. The zero-order valence-electron chi connectivity index (χ0n) is 11.5. The Morgan fingerprint density at radius 1 is 1.21 bits per heavy atom. The molecule has 0 amide bonds. The second kappa shape index (κ2) is 7.09. The molecule has 0 saturated carbocycles. The second-order valence-corrected chi connectivity index (χ2v) is 4.77. The van der Waals surface area contributed by atoms with Crippen LogP contribution in [0.1, 0.15) is 32.6 Å². The smallest absolute Gasteiger partial charge is 0.276 e. The van der Waals surface area contributed by atoms with Crippen LogP contribution in [0.15, 0.2) is 29.5 Å². The van der Waals surface area contributed by atoms with Crippen LogP contribution in [0.2, 0.25) is 0 Å². The molecule has 5 heteroatoms. The Kier molecular flexibility index (Phi) is 5.15. The average molecular weight is 262 g/mol. The maximum Gasteiger partial charge on any atom is 0.276 e. The molecule has 2 aromatic heterocycles. The fourth-order valence-electron chi connectivity index (χ4n) is 2.14. The molecule has 1 N–H and O–H groups in total. The normalized spacial score (nSPS) is 11.2. The van der Waals surface area contributed by atoms with Crippen LogP contribution >= 0.6 is 0 Å². The van der Waals surface area contributed by atoms with E-state index >= 15 is 0 Å². The molecule has 0 atom stereocenters. The van der Waals surface area contributed by atoms with Crippen molar-refractivity contribution in [3.63, 3.8) is 0 Å². The third-order valence-corrected chi connectivity index (χ3v) is 3.27. The molecular weight excluding hydrogens is 240 g/mol. The Hall–Kier alpha value is -1.62. The van der Waals surface area contributed by atoms with Crippen LogP contribution in [0.25, 0.3) is 5.52 Å². The summed E-state index contributed by atoms with van der Waals surface area (Å²) in [5.41, 5.74) is 0.651. The van der Waals surface area contributed by atoms with Crippen molar-refractivity contribution in [3.05, 3.63) is 35.0 Å². The van der Waals surface area contributed by atoms with E-state index in [0.29, 0.717) is 12.1 Å². The summed E-state index contributed by atoms with van der Waals surface area (Å²) in [6.45, 7) is 4.78. The average Bonchev–Trinajstić information content (AvgIpc) is 2.89. The van der Waals surface area contributed by atoms with E-state index in [-0.39, 0.29) is 5.56 Å². The van der Waals surface area contributed by atoms with Crippen LogP contribution in [-0.2, 0) is 6.54 Å². The minimum Gasteiger partial charge on any atom is -0.315 e. The Bertz CT molecular complexity index is 558. The number of fused-ring (bicyclic) bond motifs is 1. The van der Waals surface area contributed by atoms with Crippen molar-refractivity contribution < 1.29 is 0 Å². The molecule has 0 saturated heterocycles. The summed E-state index contributed by atoms with van der Waals surface area (Å²) in [5, 5.41) is 7.43. The SMILES string of the molecule is CCCCCCNCCn1ccn2nccc2c1=O. The molecule has 0 radical (unpaired) electrons. The first kappa shape index (κ1) is 13.8. The monoisotopic (exact) mass is 262 g/mol.